The van der Waals surface area contributed by atoms with Gasteiger partial charge in [0.25, 0.3) is 20.0 Å². The highest BCUT2D eigenvalue weighted by Crippen LogP contribution is 2.37. The highest BCUT2D eigenvalue weighted by molar-refractivity contribution is 9.11. The maximum Gasteiger partial charge on any atom is 0.268 e. The van der Waals surface area contributed by atoms with Crippen molar-refractivity contribution in [3.05, 3.63) is 130 Å². The van der Waals surface area contributed by atoms with Gasteiger partial charge in [-0.15, -0.1) is 0 Å². The number of ether oxygens (including phenoxy) is 1. The van der Waals surface area contributed by atoms with E-state index in [1.54, 1.807) is 84.9 Å². The summed E-state index contributed by atoms with van der Waals surface area (Å²) in [5.74, 6) is 0. The summed E-state index contributed by atoms with van der Waals surface area (Å²) in [5.41, 5.74) is 1.78. The molecule has 6 aromatic rings. The van der Waals surface area contributed by atoms with Crippen LogP contribution in [0.25, 0.3) is 21.8 Å². The highest BCUT2D eigenvalue weighted by atomic mass is 79.9. The van der Waals surface area contributed by atoms with E-state index in [2.05, 4.69) is 31.9 Å². The van der Waals surface area contributed by atoms with Gasteiger partial charge in [-0.3, -0.25) is 0 Å². The van der Waals surface area contributed by atoms with Crippen LogP contribution in [-0.4, -0.2) is 24.8 Å². The van der Waals surface area contributed by atoms with E-state index in [-0.39, 0.29) is 23.0 Å². The molecule has 2 aromatic heterocycles. The number of nitrogens with zero attached hydrogens (tertiary/aromatic N) is 2. The van der Waals surface area contributed by atoms with E-state index < -0.39 is 20.0 Å². The lowest BCUT2D eigenvalue weighted by Crippen LogP contribution is -2.18. The molecule has 41 heavy (non-hydrogen) atoms. The first-order valence-corrected chi connectivity index (χ1v) is 16.9. The first kappa shape index (κ1) is 27.9. The van der Waals surface area contributed by atoms with Crippen molar-refractivity contribution in [2.24, 2.45) is 0 Å². The zero-order valence-corrected chi connectivity index (χ0v) is 26.1. The predicted octanol–water partition coefficient (Wildman–Crippen LogP) is 7.31. The first-order valence-electron chi connectivity index (χ1n) is 12.5. The number of para-hydroxylation sites is 2. The fourth-order valence-corrected chi connectivity index (χ4v) is 9.50. The normalized spacial score (nSPS) is 12.3. The molecule has 0 bridgehead atoms. The van der Waals surface area contributed by atoms with Gasteiger partial charge in [0.15, 0.2) is 0 Å². The van der Waals surface area contributed by atoms with Crippen molar-refractivity contribution < 1.29 is 21.6 Å². The van der Waals surface area contributed by atoms with E-state index in [0.29, 0.717) is 42.1 Å². The van der Waals surface area contributed by atoms with Gasteiger partial charge in [0.2, 0.25) is 0 Å². The van der Waals surface area contributed by atoms with E-state index in [1.807, 2.05) is 24.3 Å². The average molecular weight is 714 g/mol. The summed E-state index contributed by atoms with van der Waals surface area (Å²) in [4.78, 5) is 0.289. The quantitative estimate of drug-likeness (QED) is 0.165. The van der Waals surface area contributed by atoms with Crippen molar-refractivity contribution in [1.82, 2.24) is 7.94 Å². The minimum atomic E-state index is -3.97. The van der Waals surface area contributed by atoms with Crippen LogP contribution in [0, 0.1) is 0 Å². The number of halogens is 2. The Bertz CT molecular complexity index is 1970. The molecule has 4 aromatic carbocycles. The molecule has 11 heteroatoms. The third-order valence-corrected chi connectivity index (χ3v) is 12.1. The molecule has 0 atom stereocenters. The number of fused-ring (bicyclic) bond motifs is 2. The number of benzene rings is 4. The Kier molecular flexibility index (Phi) is 7.41. The molecule has 0 spiro atoms. The van der Waals surface area contributed by atoms with E-state index in [1.165, 1.54) is 7.94 Å². The van der Waals surface area contributed by atoms with Crippen LogP contribution < -0.4 is 0 Å². The zero-order chi connectivity index (χ0) is 28.8. The molecule has 0 saturated carbocycles. The fourth-order valence-electron chi connectivity index (χ4n) is 4.89. The molecule has 0 aliphatic heterocycles. The Morgan fingerprint density at radius 2 is 0.854 bits per heavy atom. The Hall–Kier alpha value is -3.22. The van der Waals surface area contributed by atoms with E-state index >= 15 is 0 Å². The minimum absolute atomic E-state index is 0.110. The van der Waals surface area contributed by atoms with Crippen LogP contribution in [0.4, 0.5) is 0 Å². The van der Waals surface area contributed by atoms with Gasteiger partial charge in [0.1, 0.15) is 0 Å². The van der Waals surface area contributed by atoms with Gasteiger partial charge in [-0.1, -0.05) is 72.8 Å². The molecule has 0 unspecified atom stereocenters. The summed E-state index contributed by atoms with van der Waals surface area (Å²) < 4.78 is 65.2. The number of hydrogen-bond donors (Lipinski definition) is 0. The molecule has 208 valence electrons. The van der Waals surface area contributed by atoms with Gasteiger partial charge in [0, 0.05) is 19.7 Å². The Morgan fingerprint density at radius 3 is 1.24 bits per heavy atom. The van der Waals surface area contributed by atoms with Crippen LogP contribution in [0.3, 0.4) is 0 Å². The van der Waals surface area contributed by atoms with Gasteiger partial charge >= 0.3 is 0 Å². The molecule has 0 aliphatic carbocycles. The third kappa shape index (κ3) is 4.75. The van der Waals surface area contributed by atoms with Gasteiger partial charge in [0.05, 0.1) is 45.4 Å². The average Bonchev–Trinajstić information content (AvgIpc) is 3.45. The maximum atomic E-state index is 13.8. The van der Waals surface area contributed by atoms with Crippen molar-refractivity contribution in [1.29, 1.82) is 0 Å². The smallest absolute Gasteiger partial charge is 0.268 e. The SMILES string of the molecule is O=S(=O)(c1ccccc1)n1c(COCc2c(Br)c3ccccc3n2S(=O)(=O)c2ccccc2)c(Br)c2ccccc21. The summed E-state index contributed by atoms with van der Waals surface area (Å²) in [5, 5.41) is 1.43. The molecule has 0 aliphatic rings. The lowest BCUT2D eigenvalue weighted by Gasteiger charge is -2.15. The monoisotopic (exact) mass is 712 g/mol. The second-order valence-corrected chi connectivity index (χ2v) is 14.4. The zero-order valence-electron chi connectivity index (χ0n) is 21.3. The Balaban J connectivity index is 1.43. The second-order valence-electron chi connectivity index (χ2n) is 9.21. The van der Waals surface area contributed by atoms with Crippen molar-refractivity contribution in [3.8, 4) is 0 Å². The summed E-state index contributed by atoms with van der Waals surface area (Å²) in [6.45, 7) is -0.221. The summed E-state index contributed by atoms with van der Waals surface area (Å²) in [7, 11) is -7.94. The van der Waals surface area contributed by atoms with Crippen molar-refractivity contribution >= 4 is 73.7 Å². The Morgan fingerprint density at radius 1 is 0.512 bits per heavy atom. The fraction of sp³-hybridized carbons (Fsp3) is 0.0667. The van der Waals surface area contributed by atoms with Crippen molar-refractivity contribution in [3.63, 3.8) is 0 Å². The summed E-state index contributed by atoms with van der Waals surface area (Å²) >= 11 is 7.20. The molecule has 0 amide bonds. The second kappa shape index (κ2) is 10.9. The standard InChI is InChI=1S/C30H22Br2N2O5S2/c31-29-23-15-7-9-17-25(23)33(40(35,36)21-11-3-1-4-12-21)27(29)19-39-20-28-30(32)24-16-8-10-18-26(24)34(28)41(37,38)22-13-5-2-6-14-22/h1-18H,19-20H2. The summed E-state index contributed by atoms with van der Waals surface area (Å²) in [6, 6.07) is 30.8. The molecule has 0 fully saturated rings. The molecule has 0 N–H and O–H groups in total. The molecule has 0 saturated heterocycles. The maximum absolute atomic E-state index is 13.8. The van der Waals surface area contributed by atoms with Crippen LogP contribution in [0.1, 0.15) is 11.4 Å². The summed E-state index contributed by atoms with van der Waals surface area (Å²) in [6.07, 6.45) is 0. The van der Waals surface area contributed by atoms with Crippen LogP contribution in [0.5, 0.6) is 0 Å². The van der Waals surface area contributed by atoms with E-state index in [4.69, 9.17) is 4.74 Å². The third-order valence-electron chi connectivity index (χ3n) is 6.76. The topological polar surface area (TPSA) is 87.4 Å². The van der Waals surface area contributed by atoms with Gasteiger partial charge < -0.3 is 4.74 Å². The van der Waals surface area contributed by atoms with Gasteiger partial charge in [-0.05, 0) is 68.3 Å². The molecule has 0 radical (unpaired) electrons. The van der Waals surface area contributed by atoms with Crippen LogP contribution in [-0.2, 0) is 38.0 Å². The number of rotatable bonds is 8. The van der Waals surface area contributed by atoms with Gasteiger partial charge in [-0.25, -0.2) is 24.8 Å². The van der Waals surface area contributed by atoms with E-state index in [9.17, 15) is 16.8 Å². The molecular formula is C30H22Br2N2O5S2. The van der Waals surface area contributed by atoms with Crippen molar-refractivity contribution in [2.75, 3.05) is 0 Å². The number of aromatic nitrogens is 2. The largest absolute Gasteiger partial charge is 0.369 e. The lowest BCUT2D eigenvalue weighted by atomic mass is 10.2. The van der Waals surface area contributed by atoms with Gasteiger partial charge in [-0.2, -0.15) is 0 Å². The molecule has 2 heterocycles. The number of hydrogen-bond acceptors (Lipinski definition) is 5. The molecule has 6 rings (SSSR count). The lowest BCUT2D eigenvalue weighted by molar-refractivity contribution is 0.101. The van der Waals surface area contributed by atoms with Crippen LogP contribution in [0.2, 0.25) is 0 Å². The van der Waals surface area contributed by atoms with E-state index in [0.717, 1.165) is 0 Å². The Labute approximate surface area is 254 Å². The first-order chi connectivity index (χ1) is 19.7. The minimum Gasteiger partial charge on any atom is -0.369 e. The highest BCUT2D eigenvalue weighted by Gasteiger charge is 2.28. The predicted molar refractivity (Wildman–Crippen MR) is 166 cm³/mol. The van der Waals surface area contributed by atoms with Crippen molar-refractivity contribution in [2.45, 2.75) is 23.0 Å². The molecule has 7 nitrogen and oxygen atoms in total. The van der Waals surface area contributed by atoms with Crippen LogP contribution in [0.15, 0.2) is 128 Å². The molecular weight excluding hydrogens is 692 g/mol. The van der Waals surface area contributed by atoms with Crippen LogP contribution >= 0.6 is 31.9 Å².